The lowest BCUT2D eigenvalue weighted by Crippen LogP contribution is -2.38. The van der Waals surface area contributed by atoms with Crippen molar-refractivity contribution in [2.24, 2.45) is 0 Å². The highest BCUT2D eigenvalue weighted by molar-refractivity contribution is 5.96. The number of Topliss-reactive ketones (excluding diaryl/α,β-unsaturated/α-hetero) is 1. The van der Waals surface area contributed by atoms with Gasteiger partial charge >= 0.3 is 6.03 Å². The molecule has 2 aliphatic rings. The van der Waals surface area contributed by atoms with Crippen molar-refractivity contribution in [1.29, 1.82) is 0 Å². The SMILES string of the molecule is CCC(=O)c1ccc(OCc2c(C3CC3)cccc2N2NNN(C)C2=O)c(C)c1. The van der Waals surface area contributed by atoms with Crippen molar-refractivity contribution in [3.8, 4) is 5.75 Å². The molecular weight excluding hydrogens is 368 g/mol. The van der Waals surface area contributed by atoms with Gasteiger partial charge < -0.3 is 4.74 Å². The molecule has 0 atom stereocenters. The van der Waals surface area contributed by atoms with E-state index in [4.69, 9.17) is 4.74 Å². The van der Waals surface area contributed by atoms with Gasteiger partial charge in [-0.05, 0) is 61.1 Å². The Morgan fingerprint density at radius 1 is 1.21 bits per heavy atom. The van der Waals surface area contributed by atoms with Gasteiger partial charge in [0.25, 0.3) is 0 Å². The molecule has 0 bridgehead atoms. The second kappa shape index (κ2) is 7.85. The summed E-state index contributed by atoms with van der Waals surface area (Å²) >= 11 is 0. The van der Waals surface area contributed by atoms with Gasteiger partial charge in [-0.15, -0.1) is 11.1 Å². The smallest absolute Gasteiger partial charge is 0.355 e. The number of ketones is 1. The summed E-state index contributed by atoms with van der Waals surface area (Å²) in [6.45, 7) is 4.15. The zero-order valence-corrected chi connectivity index (χ0v) is 17.0. The quantitative estimate of drug-likeness (QED) is 0.698. The number of amides is 2. The second-order valence-electron chi connectivity index (χ2n) is 7.57. The third-order valence-electron chi connectivity index (χ3n) is 5.44. The maximum atomic E-state index is 12.5. The summed E-state index contributed by atoms with van der Waals surface area (Å²) in [4.78, 5) is 24.4. The van der Waals surface area contributed by atoms with E-state index in [1.165, 1.54) is 15.6 Å². The van der Waals surface area contributed by atoms with Crippen molar-refractivity contribution in [2.45, 2.75) is 45.6 Å². The first-order chi connectivity index (χ1) is 14.0. The van der Waals surface area contributed by atoms with E-state index >= 15 is 0 Å². The Labute approximate surface area is 170 Å². The molecule has 0 spiro atoms. The number of hydrogen-bond donors (Lipinski definition) is 2. The number of anilines is 1. The Morgan fingerprint density at radius 3 is 2.62 bits per heavy atom. The maximum Gasteiger partial charge on any atom is 0.355 e. The first-order valence-corrected chi connectivity index (χ1v) is 9.97. The number of aryl methyl sites for hydroxylation is 1. The lowest BCUT2D eigenvalue weighted by Gasteiger charge is -2.21. The fraction of sp³-hybridized carbons (Fsp3) is 0.364. The van der Waals surface area contributed by atoms with Gasteiger partial charge in [0.1, 0.15) is 12.4 Å². The summed E-state index contributed by atoms with van der Waals surface area (Å²) in [5.41, 5.74) is 10.3. The zero-order valence-electron chi connectivity index (χ0n) is 17.0. The molecule has 0 aromatic heterocycles. The lowest BCUT2D eigenvalue weighted by molar-refractivity contribution is 0.0988. The molecule has 7 nitrogen and oxygen atoms in total. The summed E-state index contributed by atoms with van der Waals surface area (Å²) in [7, 11) is 1.67. The number of rotatable bonds is 7. The van der Waals surface area contributed by atoms with Crippen molar-refractivity contribution in [3.63, 3.8) is 0 Å². The molecule has 0 unspecified atom stereocenters. The summed E-state index contributed by atoms with van der Waals surface area (Å²) in [6, 6.07) is 11.4. The monoisotopic (exact) mass is 394 g/mol. The van der Waals surface area contributed by atoms with Crippen LogP contribution >= 0.6 is 0 Å². The summed E-state index contributed by atoms with van der Waals surface area (Å²) in [5.74, 6) is 1.38. The van der Waals surface area contributed by atoms with Gasteiger partial charge in [-0.25, -0.2) is 14.8 Å². The standard InChI is InChI=1S/C22H26N4O3/c1-4-20(27)16-10-11-21(14(2)12-16)29-13-18-17(15-8-9-15)6-5-7-19(18)26-22(28)25(3)23-24-26/h5-7,10-12,15,23-24H,4,8-9,13H2,1-3H3. The van der Waals surface area contributed by atoms with Crippen molar-refractivity contribution < 1.29 is 14.3 Å². The van der Waals surface area contributed by atoms with Crippen molar-refractivity contribution >= 4 is 17.5 Å². The third-order valence-corrected chi connectivity index (χ3v) is 5.44. The van der Waals surface area contributed by atoms with Crippen LogP contribution in [-0.2, 0) is 6.61 Å². The van der Waals surface area contributed by atoms with Gasteiger partial charge in [-0.3, -0.25) is 4.79 Å². The first-order valence-electron chi connectivity index (χ1n) is 9.97. The molecule has 1 aliphatic heterocycles. The Kier molecular flexibility index (Phi) is 5.25. The highest BCUT2D eigenvalue weighted by atomic mass is 16.5. The Bertz CT molecular complexity index is 955. The van der Waals surface area contributed by atoms with E-state index in [-0.39, 0.29) is 11.8 Å². The maximum absolute atomic E-state index is 12.5. The van der Waals surface area contributed by atoms with Crippen molar-refractivity contribution in [3.05, 3.63) is 58.7 Å². The minimum Gasteiger partial charge on any atom is -0.489 e. The number of hydrazine groups is 3. The first kappa shape index (κ1) is 19.4. The third kappa shape index (κ3) is 3.83. The molecule has 2 fully saturated rings. The van der Waals surface area contributed by atoms with E-state index in [2.05, 4.69) is 17.1 Å². The molecule has 1 heterocycles. The van der Waals surface area contributed by atoms with Crippen LogP contribution in [0.3, 0.4) is 0 Å². The molecule has 1 saturated carbocycles. The Balaban J connectivity index is 1.61. The molecule has 152 valence electrons. The number of urea groups is 1. The van der Waals surface area contributed by atoms with Gasteiger partial charge in [0.2, 0.25) is 0 Å². The van der Waals surface area contributed by atoms with Crippen molar-refractivity contribution in [1.82, 2.24) is 16.1 Å². The number of nitrogens with one attached hydrogen (secondary N) is 2. The van der Waals surface area contributed by atoms with Crippen LogP contribution in [0.2, 0.25) is 0 Å². The number of carbonyl (C=O) groups excluding carboxylic acids is 2. The number of nitrogens with zero attached hydrogens (tertiary/aromatic N) is 2. The van der Waals surface area contributed by atoms with Gasteiger partial charge in [0, 0.05) is 24.6 Å². The topological polar surface area (TPSA) is 73.9 Å². The molecule has 2 aromatic carbocycles. The Hall–Kier alpha value is -2.90. The highest BCUT2D eigenvalue weighted by Gasteiger charge is 2.32. The van der Waals surface area contributed by atoms with E-state index in [0.717, 1.165) is 35.4 Å². The Morgan fingerprint density at radius 2 is 2.00 bits per heavy atom. The number of hydrogen-bond acceptors (Lipinski definition) is 5. The average molecular weight is 394 g/mol. The summed E-state index contributed by atoms with van der Waals surface area (Å²) < 4.78 is 6.16. The molecule has 2 amide bonds. The summed E-state index contributed by atoms with van der Waals surface area (Å²) in [6.07, 6.45) is 2.79. The van der Waals surface area contributed by atoms with Gasteiger partial charge in [0.05, 0.1) is 5.69 Å². The molecule has 29 heavy (non-hydrogen) atoms. The van der Waals surface area contributed by atoms with E-state index < -0.39 is 0 Å². The number of benzene rings is 2. The number of ether oxygens (including phenoxy) is 1. The van der Waals surface area contributed by atoms with E-state index in [9.17, 15) is 9.59 Å². The van der Waals surface area contributed by atoms with Crippen LogP contribution in [0.25, 0.3) is 0 Å². The molecule has 1 aliphatic carbocycles. The zero-order chi connectivity index (χ0) is 20.5. The highest BCUT2D eigenvalue weighted by Crippen LogP contribution is 2.44. The molecule has 0 radical (unpaired) electrons. The van der Waals surface area contributed by atoms with Gasteiger partial charge in [0.15, 0.2) is 5.78 Å². The van der Waals surface area contributed by atoms with Crippen LogP contribution in [-0.4, -0.2) is 23.9 Å². The van der Waals surface area contributed by atoms with Crippen LogP contribution < -0.4 is 20.8 Å². The molecular formula is C22H26N4O3. The fourth-order valence-electron chi connectivity index (χ4n) is 3.61. The normalized spacial score (nSPS) is 16.4. The van der Waals surface area contributed by atoms with E-state index in [1.54, 1.807) is 7.05 Å². The minimum atomic E-state index is -0.183. The van der Waals surface area contributed by atoms with Crippen LogP contribution in [0.4, 0.5) is 10.5 Å². The van der Waals surface area contributed by atoms with Crippen LogP contribution in [0.5, 0.6) is 5.75 Å². The van der Waals surface area contributed by atoms with Crippen LogP contribution in [0.15, 0.2) is 36.4 Å². The summed E-state index contributed by atoms with van der Waals surface area (Å²) in [5, 5.41) is 2.89. The molecule has 1 saturated heterocycles. The van der Waals surface area contributed by atoms with Gasteiger partial charge in [-0.1, -0.05) is 19.1 Å². The molecule has 2 N–H and O–H groups in total. The van der Waals surface area contributed by atoms with Gasteiger partial charge in [-0.2, -0.15) is 0 Å². The average Bonchev–Trinajstić information content (AvgIpc) is 3.52. The minimum absolute atomic E-state index is 0.122. The molecule has 4 rings (SSSR count). The van der Waals surface area contributed by atoms with E-state index in [1.807, 2.05) is 44.2 Å². The predicted molar refractivity (Wildman–Crippen MR) is 110 cm³/mol. The van der Waals surface area contributed by atoms with Crippen LogP contribution in [0, 0.1) is 6.92 Å². The fourth-order valence-corrected chi connectivity index (χ4v) is 3.61. The largest absolute Gasteiger partial charge is 0.489 e. The van der Waals surface area contributed by atoms with Crippen molar-refractivity contribution in [2.75, 3.05) is 12.1 Å². The predicted octanol–water partition coefficient (Wildman–Crippen LogP) is 3.84. The second-order valence-corrected chi connectivity index (χ2v) is 7.57. The number of carbonyl (C=O) groups is 2. The molecule has 7 heteroatoms. The van der Waals surface area contributed by atoms with Crippen LogP contribution in [0.1, 0.15) is 59.2 Å². The van der Waals surface area contributed by atoms with E-state index in [0.29, 0.717) is 24.5 Å². The lowest BCUT2D eigenvalue weighted by atomic mass is 10.0. The molecule has 2 aromatic rings.